The standard InChI is InChI=1S/C11H15N3O3.ClH/c1-13-11(16)8-5-7(17-2)3-4-9(8)14-10(15)6-12;/h3-5H,6,12H2,1-2H3,(H,13,16)(H,14,15);1H. The van der Waals surface area contributed by atoms with Crippen molar-refractivity contribution in [3.8, 4) is 5.75 Å². The largest absolute Gasteiger partial charge is 0.497 e. The van der Waals surface area contributed by atoms with E-state index in [0.717, 1.165) is 0 Å². The minimum absolute atomic E-state index is 0. The Morgan fingerprint density at radius 2 is 2.06 bits per heavy atom. The summed E-state index contributed by atoms with van der Waals surface area (Å²) in [6.07, 6.45) is 0. The normalized spacial score (nSPS) is 9.06. The van der Waals surface area contributed by atoms with Crippen LogP contribution >= 0.6 is 12.4 Å². The molecule has 0 bridgehead atoms. The van der Waals surface area contributed by atoms with Gasteiger partial charge in [0.25, 0.3) is 5.91 Å². The average molecular weight is 274 g/mol. The van der Waals surface area contributed by atoms with Gasteiger partial charge in [-0.1, -0.05) is 0 Å². The van der Waals surface area contributed by atoms with Crippen LogP contribution in [0.3, 0.4) is 0 Å². The van der Waals surface area contributed by atoms with E-state index in [1.165, 1.54) is 14.2 Å². The van der Waals surface area contributed by atoms with Crippen molar-refractivity contribution in [2.45, 2.75) is 0 Å². The third-order valence-corrected chi connectivity index (χ3v) is 2.16. The van der Waals surface area contributed by atoms with E-state index in [1.54, 1.807) is 18.2 Å². The number of carbonyl (C=O) groups is 2. The molecule has 2 amide bonds. The van der Waals surface area contributed by atoms with E-state index < -0.39 is 0 Å². The van der Waals surface area contributed by atoms with Gasteiger partial charge in [-0.25, -0.2) is 0 Å². The van der Waals surface area contributed by atoms with Crippen molar-refractivity contribution in [3.05, 3.63) is 23.8 Å². The van der Waals surface area contributed by atoms with Gasteiger partial charge < -0.3 is 21.1 Å². The van der Waals surface area contributed by atoms with Crippen molar-refractivity contribution >= 4 is 29.9 Å². The van der Waals surface area contributed by atoms with Crippen molar-refractivity contribution in [1.82, 2.24) is 5.32 Å². The Balaban J connectivity index is 0.00000289. The fourth-order valence-corrected chi connectivity index (χ4v) is 1.28. The highest BCUT2D eigenvalue weighted by Gasteiger charge is 2.12. The first-order chi connectivity index (χ1) is 8.12. The van der Waals surface area contributed by atoms with Gasteiger partial charge in [0.2, 0.25) is 5.91 Å². The summed E-state index contributed by atoms with van der Waals surface area (Å²) in [4.78, 5) is 22.8. The van der Waals surface area contributed by atoms with Gasteiger partial charge in [0.15, 0.2) is 0 Å². The molecule has 0 aliphatic carbocycles. The summed E-state index contributed by atoms with van der Waals surface area (Å²) < 4.78 is 5.02. The first kappa shape index (κ1) is 16.2. The van der Waals surface area contributed by atoms with Crippen LogP contribution in [0.25, 0.3) is 0 Å². The van der Waals surface area contributed by atoms with Crippen LogP contribution in [0.15, 0.2) is 18.2 Å². The van der Waals surface area contributed by atoms with Crippen molar-refractivity contribution in [3.63, 3.8) is 0 Å². The minimum atomic E-state index is -0.361. The van der Waals surface area contributed by atoms with E-state index in [9.17, 15) is 9.59 Å². The van der Waals surface area contributed by atoms with Crippen LogP contribution in [0.1, 0.15) is 10.4 Å². The Morgan fingerprint density at radius 3 is 2.56 bits per heavy atom. The Labute approximate surface area is 111 Å². The van der Waals surface area contributed by atoms with Crippen LogP contribution in [0.4, 0.5) is 5.69 Å². The second kappa shape index (κ2) is 7.52. The fraction of sp³-hybridized carbons (Fsp3) is 0.273. The molecule has 0 heterocycles. The topological polar surface area (TPSA) is 93.5 Å². The number of carbonyl (C=O) groups excluding carboxylic acids is 2. The number of ether oxygens (including phenoxy) is 1. The van der Waals surface area contributed by atoms with Crippen LogP contribution in [0.2, 0.25) is 0 Å². The van der Waals surface area contributed by atoms with Gasteiger partial charge in [0, 0.05) is 7.05 Å². The Morgan fingerprint density at radius 1 is 1.39 bits per heavy atom. The molecule has 0 saturated heterocycles. The maximum atomic E-state index is 11.6. The van der Waals surface area contributed by atoms with Crippen molar-refractivity contribution < 1.29 is 14.3 Å². The number of anilines is 1. The third kappa shape index (κ3) is 3.90. The summed E-state index contributed by atoms with van der Waals surface area (Å²) >= 11 is 0. The number of amides is 2. The molecule has 4 N–H and O–H groups in total. The molecule has 0 fully saturated rings. The molecule has 0 unspecified atom stereocenters. The van der Waals surface area contributed by atoms with Crippen LogP contribution in [-0.4, -0.2) is 32.5 Å². The predicted octanol–water partition coefficient (Wildman–Crippen LogP) is 0.374. The lowest BCUT2D eigenvalue weighted by molar-refractivity contribution is -0.114. The molecule has 0 aromatic heterocycles. The molecule has 1 aromatic carbocycles. The van der Waals surface area contributed by atoms with Crippen LogP contribution < -0.4 is 21.1 Å². The molecule has 18 heavy (non-hydrogen) atoms. The molecule has 0 radical (unpaired) electrons. The fourth-order valence-electron chi connectivity index (χ4n) is 1.28. The molecule has 1 aromatic rings. The zero-order valence-corrected chi connectivity index (χ0v) is 11.0. The van der Waals surface area contributed by atoms with Crippen LogP contribution in [0, 0.1) is 0 Å². The van der Waals surface area contributed by atoms with Crippen molar-refractivity contribution in [2.24, 2.45) is 5.73 Å². The summed E-state index contributed by atoms with van der Waals surface area (Å²) in [5.41, 5.74) is 5.93. The van der Waals surface area contributed by atoms with Gasteiger partial charge in [-0.05, 0) is 18.2 Å². The molecule has 100 valence electrons. The second-order valence-electron chi connectivity index (χ2n) is 3.24. The van der Waals surface area contributed by atoms with E-state index >= 15 is 0 Å². The number of nitrogens with one attached hydrogen (secondary N) is 2. The number of rotatable bonds is 4. The van der Waals surface area contributed by atoms with Gasteiger partial charge in [-0.2, -0.15) is 0 Å². The molecular weight excluding hydrogens is 258 g/mol. The molecule has 0 atom stereocenters. The zero-order valence-electron chi connectivity index (χ0n) is 10.1. The summed E-state index contributed by atoms with van der Waals surface area (Å²) in [7, 11) is 3.01. The molecule has 6 nitrogen and oxygen atoms in total. The van der Waals surface area contributed by atoms with Crippen molar-refractivity contribution in [1.29, 1.82) is 0 Å². The highest BCUT2D eigenvalue weighted by atomic mass is 35.5. The van der Waals surface area contributed by atoms with Crippen molar-refractivity contribution in [2.75, 3.05) is 26.0 Å². The maximum absolute atomic E-state index is 11.6. The minimum Gasteiger partial charge on any atom is -0.497 e. The quantitative estimate of drug-likeness (QED) is 0.739. The third-order valence-electron chi connectivity index (χ3n) is 2.16. The average Bonchev–Trinajstić information content (AvgIpc) is 2.38. The lowest BCUT2D eigenvalue weighted by atomic mass is 10.1. The first-order valence-corrected chi connectivity index (χ1v) is 5.02. The van der Waals surface area contributed by atoms with E-state index in [0.29, 0.717) is 17.0 Å². The monoisotopic (exact) mass is 273 g/mol. The van der Waals surface area contributed by atoms with Crippen LogP contribution in [-0.2, 0) is 4.79 Å². The highest BCUT2D eigenvalue weighted by molar-refractivity contribution is 6.04. The maximum Gasteiger partial charge on any atom is 0.253 e. The van der Waals surface area contributed by atoms with Gasteiger partial charge in [0.05, 0.1) is 24.9 Å². The first-order valence-electron chi connectivity index (χ1n) is 5.02. The Bertz CT molecular complexity index is 438. The predicted molar refractivity (Wildman–Crippen MR) is 71.3 cm³/mol. The summed E-state index contributed by atoms with van der Waals surface area (Å²) in [6.45, 7) is -0.140. The SMILES string of the molecule is CNC(=O)c1cc(OC)ccc1NC(=O)CN.Cl. The molecule has 0 aliphatic heterocycles. The molecule has 0 spiro atoms. The zero-order chi connectivity index (χ0) is 12.8. The van der Waals surface area contributed by atoms with E-state index in [1.807, 2.05) is 0 Å². The van der Waals surface area contributed by atoms with E-state index in [4.69, 9.17) is 10.5 Å². The molecule has 0 saturated carbocycles. The Hall–Kier alpha value is -1.79. The molecular formula is C11H16ClN3O3. The molecule has 1 rings (SSSR count). The van der Waals surface area contributed by atoms with Gasteiger partial charge in [-0.15, -0.1) is 12.4 Å². The number of halogens is 1. The number of hydrogen-bond donors (Lipinski definition) is 3. The highest BCUT2D eigenvalue weighted by Crippen LogP contribution is 2.21. The lowest BCUT2D eigenvalue weighted by Gasteiger charge is -2.11. The number of benzene rings is 1. The van der Waals surface area contributed by atoms with Crippen LogP contribution in [0.5, 0.6) is 5.75 Å². The van der Waals surface area contributed by atoms with Gasteiger partial charge in [0.1, 0.15) is 5.75 Å². The van der Waals surface area contributed by atoms with Gasteiger partial charge in [-0.3, -0.25) is 9.59 Å². The summed E-state index contributed by atoms with van der Waals surface area (Å²) in [5.74, 6) is -0.133. The molecule has 0 aliphatic rings. The summed E-state index contributed by atoms with van der Waals surface area (Å²) in [6, 6.07) is 4.79. The van der Waals surface area contributed by atoms with E-state index in [2.05, 4.69) is 10.6 Å². The number of methoxy groups -OCH3 is 1. The Kier molecular flexibility index (Phi) is 6.77. The number of hydrogen-bond acceptors (Lipinski definition) is 4. The second-order valence-corrected chi connectivity index (χ2v) is 3.24. The number of nitrogens with two attached hydrogens (primary N) is 1. The lowest BCUT2D eigenvalue weighted by Crippen LogP contribution is -2.25. The van der Waals surface area contributed by atoms with E-state index in [-0.39, 0.29) is 30.8 Å². The summed E-state index contributed by atoms with van der Waals surface area (Å²) in [5, 5.41) is 5.03. The molecule has 7 heteroatoms. The van der Waals surface area contributed by atoms with Gasteiger partial charge >= 0.3 is 0 Å². The smallest absolute Gasteiger partial charge is 0.253 e.